The fourth-order valence-corrected chi connectivity index (χ4v) is 4.90. The summed E-state index contributed by atoms with van der Waals surface area (Å²) in [5.74, 6) is 0.431. The van der Waals surface area contributed by atoms with E-state index in [1.165, 1.54) is 10.4 Å². The monoisotopic (exact) mass is 412 g/mol. The quantitative estimate of drug-likeness (QED) is 0.709. The highest BCUT2D eigenvalue weighted by Gasteiger charge is 2.31. The highest BCUT2D eigenvalue weighted by Crippen LogP contribution is 2.28. The number of nitrogens with one attached hydrogen (secondary N) is 1. The van der Waals surface area contributed by atoms with Gasteiger partial charge >= 0.3 is 0 Å². The summed E-state index contributed by atoms with van der Waals surface area (Å²) < 4.78 is 11.1. The van der Waals surface area contributed by atoms with E-state index < -0.39 is 0 Å². The number of hydrogen-bond donors (Lipinski definition) is 1. The Labute approximate surface area is 176 Å². The topological polar surface area (TPSA) is 50.8 Å². The van der Waals surface area contributed by atoms with Crippen LogP contribution in [0.3, 0.4) is 0 Å². The van der Waals surface area contributed by atoms with Crippen molar-refractivity contribution in [3.8, 4) is 10.4 Å². The van der Waals surface area contributed by atoms with E-state index in [1.807, 2.05) is 24.3 Å². The van der Waals surface area contributed by atoms with Crippen LogP contribution in [0.1, 0.15) is 11.3 Å². The van der Waals surface area contributed by atoms with Gasteiger partial charge in [0, 0.05) is 54.0 Å². The predicted octanol–water partition coefficient (Wildman–Crippen LogP) is 3.28. The number of carbonyl (C=O) groups is 1. The van der Waals surface area contributed by atoms with Crippen LogP contribution in [-0.2, 0) is 14.3 Å². The van der Waals surface area contributed by atoms with E-state index in [4.69, 9.17) is 9.47 Å². The molecule has 2 aliphatic heterocycles. The second kappa shape index (κ2) is 10.2. The third-order valence-electron chi connectivity index (χ3n) is 5.59. The van der Waals surface area contributed by atoms with E-state index in [1.54, 1.807) is 17.4 Å². The Kier molecular flexibility index (Phi) is 7.11. The van der Waals surface area contributed by atoms with E-state index in [-0.39, 0.29) is 5.91 Å². The van der Waals surface area contributed by atoms with Gasteiger partial charge in [-0.1, -0.05) is 30.3 Å². The molecule has 1 aromatic carbocycles. The third kappa shape index (κ3) is 5.54. The lowest BCUT2D eigenvalue weighted by Crippen LogP contribution is -2.52. The van der Waals surface area contributed by atoms with Gasteiger partial charge in [0.2, 0.25) is 5.91 Å². The Morgan fingerprint density at radius 1 is 1.14 bits per heavy atom. The first-order valence-corrected chi connectivity index (χ1v) is 11.1. The Balaban J connectivity index is 1.32. The van der Waals surface area contributed by atoms with Crippen LogP contribution in [0.15, 0.2) is 48.5 Å². The summed E-state index contributed by atoms with van der Waals surface area (Å²) in [6.07, 6.45) is 4.60. The molecule has 0 bridgehead atoms. The molecule has 5 nitrogen and oxygen atoms in total. The molecular formula is C23H28N2O3S. The van der Waals surface area contributed by atoms with Crippen molar-refractivity contribution in [1.82, 2.24) is 10.2 Å². The Morgan fingerprint density at radius 3 is 2.72 bits per heavy atom. The molecule has 1 amide bonds. The summed E-state index contributed by atoms with van der Waals surface area (Å²) in [4.78, 5) is 17.2. The van der Waals surface area contributed by atoms with Crippen molar-refractivity contribution >= 4 is 23.3 Å². The molecule has 2 unspecified atom stereocenters. The number of morpholine rings is 1. The van der Waals surface area contributed by atoms with Gasteiger partial charge in [0.25, 0.3) is 0 Å². The average Bonchev–Trinajstić information content (AvgIpc) is 3.46. The van der Waals surface area contributed by atoms with Crippen LogP contribution >= 0.6 is 11.3 Å². The van der Waals surface area contributed by atoms with Crippen LogP contribution in [0.4, 0.5) is 0 Å². The molecular weight excluding hydrogens is 384 g/mol. The Hall–Kier alpha value is -1.99. The highest BCUT2D eigenvalue weighted by molar-refractivity contribution is 7.16. The summed E-state index contributed by atoms with van der Waals surface area (Å²) in [6, 6.07) is 14.8. The lowest BCUT2D eigenvalue weighted by atomic mass is 9.97. The second-order valence-corrected chi connectivity index (χ2v) is 8.60. The fraction of sp³-hybridized carbons (Fsp3) is 0.435. The lowest BCUT2D eigenvalue weighted by molar-refractivity contribution is -0.116. The molecule has 2 fully saturated rings. The molecule has 2 atom stereocenters. The van der Waals surface area contributed by atoms with Crippen LogP contribution in [0.5, 0.6) is 0 Å². The molecule has 0 aliphatic carbocycles. The van der Waals surface area contributed by atoms with Gasteiger partial charge in [0.05, 0.1) is 19.8 Å². The summed E-state index contributed by atoms with van der Waals surface area (Å²) in [5, 5.41) is 3.11. The van der Waals surface area contributed by atoms with Gasteiger partial charge in [-0.25, -0.2) is 0 Å². The smallest absolute Gasteiger partial charge is 0.244 e. The van der Waals surface area contributed by atoms with E-state index in [2.05, 4.69) is 34.5 Å². The number of thiophene rings is 1. The number of carbonyl (C=O) groups excluding carboxylic acids is 1. The van der Waals surface area contributed by atoms with Gasteiger partial charge in [-0.2, -0.15) is 0 Å². The number of hydrogen-bond acceptors (Lipinski definition) is 5. The zero-order valence-corrected chi connectivity index (χ0v) is 17.4. The van der Waals surface area contributed by atoms with Crippen molar-refractivity contribution in [2.45, 2.75) is 12.5 Å². The van der Waals surface area contributed by atoms with Gasteiger partial charge < -0.3 is 14.8 Å². The molecule has 154 valence electrons. The molecule has 0 spiro atoms. The first-order valence-electron chi connectivity index (χ1n) is 10.3. The number of amides is 1. The highest BCUT2D eigenvalue weighted by atomic mass is 32.1. The number of benzene rings is 1. The van der Waals surface area contributed by atoms with Crippen molar-refractivity contribution in [3.05, 3.63) is 53.4 Å². The number of rotatable bonds is 7. The summed E-state index contributed by atoms with van der Waals surface area (Å²) in [5.41, 5.74) is 1.20. The maximum atomic E-state index is 12.4. The molecule has 1 N–H and O–H groups in total. The van der Waals surface area contributed by atoms with Gasteiger partial charge in [0.1, 0.15) is 0 Å². The zero-order chi connectivity index (χ0) is 19.9. The van der Waals surface area contributed by atoms with E-state index in [0.29, 0.717) is 18.5 Å². The molecule has 0 saturated carbocycles. The van der Waals surface area contributed by atoms with E-state index in [0.717, 1.165) is 50.8 Å². The minimum absolute atomic E-state index is 0.0446. The van der Waals surface area contributed by atoms with Crippen molar-refractivity contribution in [2.24, 2.45) is 5.92 Å². The van der Waals surface area contributed by atoms with Crippen molar-refractivity contribution in [2.75, 3.05) is 46.1 Å². The van der Waals surface area contributed by atoms with Crippen LogP contribution in [0.25, 0.3) is 16.5 Å². The van der Waals surface area contributed by atoms with Crippen LogP contribution in [-0.4, -0.2) is 62.9 Å². The summed E-state index contributed by atoms with van der Waals surface area (Å²) >= 11 is 1.69. The summed E-state index contributed by atoms with van der Waals surface area (Å²) in [6.45, 7) is 5.62. The average molecular weight is 413 g/mol. The minimum Gasteiger partial charge on any atom is -0.381 e. The lowest BCUT2D eigenvalue weighted by Gasteiger charge is -2.37. The first kappa shape index (κ1) is 20.3. The maximum absolute atomic E-state index is 12.4. The fourth-order valence-electron chi connectivity index (χ4n) is 3.98. The molecule has 4 rings (SSSR count). The standard InChI is InChI=1S/C23H28N2O3S/c26-23(9-7-20-6-8-22(29-20)18-4-2-1-3-5-18)24-16-21(19-10-13-28-17-19)25-11-14-27-15-12-25/h1-9,19,21H,10-17H2,(H,24,26)/b9-7+. The van der Waals surface area contributed by atoms with E-state index in [9.17, 15) is 4.79 Å². The van der Waals surface area contributed by atoms with Crippen molar-refractivity contribution in [1.29, 1.82) is 0 Å². The third-order valence-corrected chi connectivity index (χ3v) is 6.69. The molecule has 2 aliphatic rings. The van der Waals surface area contributed by atoms with Gasteiger partial charge in [0.15, 0.2) is 0 Å². The van der Waals surface area contributed by atoms with Crippen LogP contribution < -0.4 is 5.32 Å². The minimum atomic E-state index is -0.0446. The van der Waals surface area contributed by atoms with Gasteiger partial charge in [-0.15, -0.1) is 11.3 Å². The van der Waals surface area contributed by atoms with Crippen LogP contribution in [0, 0.1) is 5.92 Å². The van der Waals surface area contributed by atoms with Gasteiger partial charge in [-0.05, 0) is 30.2 Å². The van der Waals surface area contributed by atoms with Crippen LogP contribution in [0.2, 0.25) is 0 Å². The maximum Gasteiger partial charge on any atom is 0.244 e. The zero-order valence-electron chi connectivity index (χ0n) is 16.6. The Morgan fingerprint density at radius 2 is 1.97 bits per heavy atom. The first-order chi connectivity index (χ1) is 14.3. The Bertz CT molecular complexity index is 809. The largest absolute Gasteiger partial charge is 0.381 e. The molecule has 6 heteroatoms. The number of nitrogens with zero attached hydrogens (tertiary/aromatic N) is 1. The SMILES string of the molecule is O=C(/C=C/c1ccc(-c2ccccc2)s1)NCC(C1CCOC1)N1CCOCC1. The molecule has 2 aromatic rings. The van der Waals surface area contributed by atoms with Gasteiger partial charge in [-0.3, -0.25) is 9.69 Å². The summed E-state index contributed by atoms with van der Waals surface area (Å²) in [7, 11) is 0. The normalized spacial score (nSPS) is 21.4. The second-order valence-electron chi connectivity index (χ2n) is 7.49. The van der Waals surface area contributed by atoms with Crippen molar-refractivity contribution in [3.63, 3.8) is 0 Å². The molecule has 29 heavy (non-hydrogen) atoms. The predicted molar refractivity (Wildman–Crippen MR) is 117 cm³/mol. The molecule has 1 aromatic heterocycles. The number of ether oxygens (including phenoxy) is 2. The molecule has 2 saturated heterocycles. The molecule has 3 heterocycles. The van der Waals surface area contributed by atoms with E-state index >= 15 is 0 Å². The molecule has 0 radical (unpaired) electrons. The van der Waals surface area contributed by atoms with Crippen molar-refractivity contribution < 1.29 is 14.3 Å².